The van der Waals surface area contributed by atoms with Crippen molar-refractivity contribution in [1.82, 2.24) is 5.32 Å². The number of nitrogens with one attached hydrogen (secondary N) is 1. The lowest BCUT2D eigenvalue weighted by molar-refractivity contribution is -0.150. The van der Waals surface area contributed by atoms with Crippen molar-refractivity contribution < 1.29 is 14.3 Å². The van der Waals surface area contributed by atoms with E-state index < -0.39 is 0 Å². The largest absolute Gasteiger partial charge is 0.462 e. The van der Waals surface area contributed by atoms with Crippen LogP contribution in [0.25, 0.3) is 0 Å². The number of rotatable bonds is 10. The molecule has 0 aliphatic carbocycles. The highest BCUT2D eigenvalue weighted by molar-refractivity contribution is 5.87. The van der Waals surface area contributed by atoms with Crippen molar-refractivity contribution in [3.05, 3.63) is 0 Å². The predicted octanol–water partition coefficient (Wildman–Crippen LogP) is 2.70. The first-order valence-corrected chi connectivity index (χ1v) is 7.33. The Labute approximate surface area is 117 Å². The fourth-order valence-electron chi connectivity index (χ4n) is 1.98. The minimum atomic E-state index is -0.263. The smallest absolute Gasteiger partial charge is 0.306 e. The van der Waals surface area contributed by atoms with Crippen LogP contribution in [0, 0.1) is 5.92 Å². The zero-order valence-corrected chi connectivity index (χ0v) is 13.0. The zero-order valence-electron chi connectivity index (χ0n) is 13.0. The zero-order chi connectivity index (χ0) is 14.8. The van der Waals surface area contributed by atoms with Crippen molar-refractivity contribution in [2.24, 2.45) is 5.92 Å². The number of ether oxygens (including phenoxy) is 1. The molecule has 4 nitrogen and oxygen atoms in total. The van der Waals surface area contributed by atoms with Gasteiger partial charge in [0, 0.05) is 6.42 Å². The van der Waals surface area contributed by atoms with Gasteiger partial charge >= 0.3 is 5.97 Å². The quantitative estimate of drug-likeness (QED) is 0.621. The van der Waals surface area contributed by atoms with Gasteiger partial charge in [-0.3, -0.25) is 9.59 Å². The van der Waals surface area contributed by atoms with Crippen LogP contribution in [0.3, 0.4) is 0 Å². The summed E-state index contributed by atoms with van der Waals surface area (Å²) in [5, 5.41) is 3.02. The summed E-state index contributed by atoms with van der Waals surface area (Å²) in [5.74, 6) is 0.289. The highest BCUT2D eigenvalue weighted by Gasteiger charge is 2.19. The molecule has 112 valence electrons. The normalized spacial score (nSPS) is 12.8. The average molecular weight is 271 g/mol. The molecule has 4 heteroatoms. The Morgan fingerprint density at radius 1 is 1.11 bits per heavy atom. The van der Waals surface area contributed by atoms with E-state index in [1.54, 1.807) is 7.05 Å². The Morgan fingerprint density at radius 2 is 1.68 bits per heavy atom. The molecule has 0 saturated carbocycles. The predicted molar refractivity (Wildman–Crippen MR) is 77.0 cm³/mol. The average Bonchev–Trinajstić information content (AvgIpc) is 2.39. The van der Waals surface area contributed by atoms with Gasteiger partial charge in [-0.15, -0.1) is 0 Å². The van der Waals surface area contributed by atoms with Gasteiger partial charge in [-0.1, -0.05) is 27.7 Å². The molecule has 1 N–H and O–H groups in total. The standard InChI is InChI=1S/C15H29NO3/c1-6-12(7-2)19-15(18)9-8-14(17)13(16-5)10-11(3)4/h11-13,16H,6-10H2,1-5H3/t13-/m1/s1. The summed E-state index contributed by atoms with van der Waals surface area (Å²) in [4.78, 5) is 23.6. The molecule has 0 aliphatic heterocycles. The van der Waals surface area contributed by atoms with Crippen LogP contribution in [0.5, 0.6) is 0 Å². The van der Waals surface area contributed by atoms with Crippen molar-refractivity contribution >= 4 is 11.8 Å². The maximum atomic E-state index is 12.0. The fourth-order valence-corrected chi connectivity index (χ4v) is 1.98. The summed E-state index contributed by atoms with van der Waals surface area (Å²) in [5.41, 5.74) is 0. The molecule has 0 amide bonds. The van der Waals surface area contributed by atoms with E-state index in [0.717, 1.165) is 19.3 Å². The van der Waals surface area contributed by atoms with E-state index in [1.165, 1.54) is 0 Å². The Bertz CT molecular complexity index is 273. The van der Waals surface area contributed by atoms with E-state index in [9.17, 15) is 9.59 Å². The summed E-state index contributed by atoms with van der Waals surface area (Å²) in [6.07, 6.45) is 2.88. The molecular weight excluding hydrogens is 242 g/mol. The Hall–Kier alpha value is -0.900. The number of carbonyl (C=O) groups excluding carboxylic acids is 2. The molecule has 0 unspecified atom stereocenters. The molecule has 1 atom stereocenters. The van der Waals surface area contributed by atoms with Crippen molar-refractivity contribution in [1.29, 1.82) is 0 Å². The molecule has 0 aromatic carbocycles. The number of esters is 1. The first kappa shape index (κ1) is 18.1. The Balaban J connectivity index is 4.09. The molecule has 0 spiro atoms. The van der Waals surface area contributed by atoms with E-state index in [0.29, 0.717) is 5.92 Å². The number of carbonyl (C=O) groups is 2. The van der Waals surface area contributed by atoms with Gasteiger partial charge in [0.2, 0.25) is 0 Å². The topological polar surface area (TPSA) is 55.4 Å². The molecule has 0 aliphatic rings. The number of Topliss-reactive ketones (excluding diaryl/α,β-unsaturated/α-hetero) is 1. The van der Waals surface area contributed by atoms with Crippen molar-refractivity contribution in [2.45, 2.75) is 71.9 Å². The molecule has 0 radical (unpaired) electrons. The van der Waals surface area contributed by atoms with Crippen LogP contribution in [0.2, 0.25) is 0 Å². The monoisotopic (exact) mass is 271 g/mol. The number of ketones is 1. The maximum absolute atomic E-state index is 12.0. The molecule has 0 aromatic heterocycles. The van der Waals surface area contributed by atoms with E-state index >= 15 is 0 Å². The molecule has 19 heavy (non-hydrogen) atoms. The Morgan fingerprint density at radius 3 is 2.11 bits per heavy atom. The van der Waals surface area contributed by atoms with Crippen LogP contribution in [0.4, 0.5) is 0 Å². The number of likely N-dealkylation sites (N-methyl/N-ethyl adjacent to an activating group) is 1. The summed E-state index contributed by atoms with van der Waals surface area (Å²) >= 11 is 0. The van der Waals surface area contributed by atoms with Gasteiger partial charge in [-0.25, -0.2) is 0 Å². The summed E-state index contributed by atoms with van der Waals surface area (Å²) in [6.45, 7) is 8.15. The van der Waals surface area contributed by atoms with E-state index in [1.807, 2.05) is 13.8 Å². The van der Waals surface area contributed by atoms with Crippen LogP contribution >= 0.6 is 0 Å². The van der Waals surface area contributed by atoms with E-state index in [-0.39, 0.29) is 36.7 Å². The van der Waals surface area contributed by atoms with Crippen molar-refractivity contribution in [3.63, 3.8) is 0 Å². The van der Waals surface area contributed by atoms with Crippen molar-refractivity contribution in [2.75, 3.05) is 7.05 Å². The van der Waals surface area contributed by atoms with Gasteiger partial charge in [0.1, 0.15) is 11.9 Å². The third-order valence-corrected chi connectivity index (χ3v) is 3.23. The van der Waals surface area contributed by atoms with Gasteiger partial charge in [0.15, 0.2) is 0 Å². The van der Waals surface area contributed by atoms with Crippen LogP contribution < -0.4 is 5.32 Å². The van der Waals surface area contributed by atoms with Crippen molar-refractivity contribution in [3.8, 4) is 0 Å². The van der Waals surface area contributed by atoms with Gasteiger partial charge in [0.25, 0.3) is 0 Å². The van der Waals surface area contributed by atoms with Crippen LogP contribution in [-0.2, 0) is 14.3 Å². The molecule has 0 bridgehead atoms. The highest BCUT2D eigenvalue weighted by atomic mass is 16.5. The van der Waals surface area contributed by atoms with Gasteiger partial charge in [0.05, 0.1) is 12.5 Å². The molecule has 0 rings (SSSR count). The van der Waals surface area contributed by atoms with Gasteiger partial charge in [-0.2, -0.15) is 0 Å². The third kappa shape index (κ3) is 7.98. The highest BCUT2D eigenvalue weighted by Crippen LogP contribution is 2.10. The van der Waals surface area contributed by atoms with Crippen LogP contribution in [0.1, 0.15) is 59.8 Å². The first-order chi connectivity index (χ1) is 8.94. The van der Waals surface area contributed by atoms with E-state index in [2.05, 4.69) is 19.2 Å². The van der Waals surface area contributed by atoms with Gasteiger partial charge < -0.3 is 10.1 Å². The maximum Gasteiger partial charge on any atom is 0.306 e. The molecule has 0 saturated heterocycles. The second-order valence-corrected chi connectivity index (χ2v) is 5.37. The first-order valence-electron chi connectivity index (χ1n) is 7.33. The summed E-state index contributed by atoms with van der Waals surface area (Å²) < 4.78 is 5.28. The third-order valence-electron chi connectivity index (χ3n) is 3.23. The molecule has 0 fully saturated rings. The minimum absolute atomic E-state index is 0.0154. The lowest BCUT2D eigenvalue weighted by Gasteiger charge is -2.17. The minimum Gasteiger partial charge on any atom is -0.462 e. The molecule has 0 aromatic rings. The lowest BCUT2D eigenvalue weighted by atomic mass is 9.98. The second kappa shape index (κ2) is 9.96. The number of hydrogen-bond donors (Lipinski definition) is 1. The van der Waals surface area contributed by atoms with Crippen LogP contribution in [-0.4, -0.2) is 30.9 Å². The molecule has 0 heterocycles. The lowest BCUT2D eigenvalue weighted by Crippen LogP contribution is -2.35. The Kier molecular flexibility index (Phi) is 9.48. The summed E-state index contributed by atoms with van der Waals surface area (Å²) in [7, 11) is 1.79. The van der Waals surface area contributed by atoms with Gasteiger partial charge in [-0.05, 0) is 32.2 Å². The van der Waals surface area contributed by atoms with Crippen LogP contribution in [0.15, 0.2) is 0 Å². The SMILES string of the molecule is CCC(CC)OC(=O)CCC(=O)[C@@H](CC(C)C)NC. The summed E-state index contributed by atoms with van der Waals surface area (Å²) in [6, 6.07) is -0.152. The second-order valence-electron chi connectivity index (χ2n) is 5.37. The number of hydrogen-bond acceptors (Lipinski definition) is 4. The fraction of sp³-hybridized carbons (Fsp3) is 0.867. The van der Waals surface area contributed by atoms with E-state index in [4.69, 9.17) is 4.74 Å². The molecular formula is C15H29NO3.